The van der Waals surface area contributed by atoms with Crippen LogP contribution in [0.5, 0.6) is 11.5 Å². The molecule has 82 valence electrons. The summed E-state index contributed by atoms with van der Waals surface area (Å²) in [4.78, 5) is 4.22. The molecule has 2 aromatic rings. The third-order valence-corrected chi connectivity index (χ3v) is 2.40. The number of phenolic OH excluding ortho intramolecular Hbond substituents is 1. The number of rotatable bonds is 3. The lowest BCUT2D eigenvalue weighted by Gasteiger charge is -2.08. The zero-order valence-electron chi connectivity index (χ0n) is 9.05. The van der Waals surface area contributed by atoms with E-state index in [1.165, 1.54) is 0 Å². The summed E-state index contributed by atoms with van der Waals surface area (Å²) < 4.78 is 5.05. The summed E-state index contributed by atoms with van der Waals surface area (Å²) in [6, 6.07) is 11.2. The molecular formula is C13H13NO2. The molecule has 0 saturated heterocycles. The average Bonchev–Trinajstić information content (AvgIpc) is 2.33. The molecule has 0 bridgehead atoms. The maximum Gasteiger partial charge on any atom is 0.161 e. The van der Waals surface area contributed by atoms with Gasteiger partial charge in [-0.1, -0.05) is 18.2 Å². The molecule has 0 aliphatic carbocycles. The highest BCUT2D eigenvalue weighted by atomic mass is 16.5. The number of para-hydroxylation sites is 1. The third-order valence-electron chi connectivity index (χ3n) is 2.40. The van der Waals surface area contributed by atoms with Crippen LogP contribution in [-0.2, 0) is 6.42 Å². The van der Waals surface area contributed by atoms with Crippen molar-refractivity contribution in [3.05, 3.63) is 53.9 Å². The van der Waals surface area contributed by atoms with E-state index in [1.54, 1.807) is 19.4 Å². The normalized spacial score (nSPS) is 10.1. The van der Waals surface area contributed by atoms with Gasteiger partial charge in [-0.15, -0.1) is 0 Å². The second-order valence-electron chi connectivity index (χ2n) is 3.47. The number of aromatic hydroxyl groups is 1. The monoisotopic (exact) mass is 215 g/mol. The molecule has 0 fully saturated rings. The molecule has 0 amide bonds. The first-order valence-electron chi connectivity index (χ1n) is 5.06. The third kappa shape index (κ3) is 2.14. The van der Waals surface area contributed by atoms with Gasteiger partial charge in [-0.25, -0.2) is 0 Å². The Morgan fingerprint density at radius 1 is 1.19 bits per heavy atom. The Hall–Kier alpha value is -2.03. The first-order chi connectivity index (χ1) is 7.81. The summed E-state index contributed by atoms with van der Waals surface area (Å²) >= 11 is 0. The van der Waals surface area contributed by atoms with Crippen molar-refractivity contribution in [3.8, 4) is 11.5 Å². The van der Waals surface area contributed by atoms with Crippen LogP contribution >= 0.6 is 0 Å². The molecule has 16 heavy (non-hydrogen) atoms. The number of hydrogen-bond donors (Lipinski definition) is 1. The van der Waals surface area contributed by atoms with Crippen molar-refractivity contribution >= 4 is 0 Å². The predicted octanol–water partition coefficient (Wildman–Crippen LogP) is 2.39. The van der Waals surface area contributed by atoms with Gasteiger partial charge in [-0.3, -0.25) is 4.98 Å². The van der Waals surface area contributed by atoms with Crippen LogP contribution in [0.25, 0.3) is 0 Å². The van der Waals surface area contributed by atoms with Gasteiger partial charge in [0.05, 0.1) is 7.11 Å². The van der Waals surface area contributed by atoms with Gasteiger partial charge in [0.25, 0.3) is 0 Å². The smallest absolute Gasteiger partial charge is 0.161 e. The molecule has 0 saturated carbocycles. The number of methoxy groups -OCH3 is 1. The fourth-order valence-corrected chi connectivity index (χ4v) is 1.57. The van der Waals surface area contributed by atoms with E-state index in [1.807, 2.05) is 30.3 Å². The van der Waals surface area contributed by atoms with Crippen molar-refractivity contribution in [2.45, 2.75) is 6.42 Å². The molecule has 0 aliphatic rings. The Kier molecular flexibility index (Phi) is 3.05. The second-order valence-corrected chi connectivity index (χ2v) is 3.47. The van der Waals surface area contributed by atoms with E-state index in [9.17, 15) is 5.11 Å². The zero-order chi connectivity index (χ0) is 11.4. The van der Waals surface area contributed by atoms with Gasteiger partial charge in [0.15, 0.2) is 11.5 Å². The highest BCUT2D eigenvalue weighted by Gasteiger charge is 2.07. The zero-order valence-corrected chi connectivity index (χ0v) is 9.05. The minimum atomic E-state index is 0.190. The quantitative estimate of drug-likeness (QED) is 0.854. The van der Waals surface area contributed by atoms with Crippen LogP contribution in [0.3, 0.4) is 0 Å². The number of nitrogens with zero attached hydrogens (tertiary/aromatic N) is 1. The van der Waals surface area contributed by atoms with Crippen molar-refractivity contribution < 1.29 is 9.84 Å². The highest BCUT2D eigenvalue weighted by Crippen LogP contribution is 2.30. The number of pyridine rings is 1. The fraction of sp³-hybridized carbons (Fsp3) is 0.154. The van der Waals surface area contributed by atoms with E-state index >= 15 is 0 Å². The fourth-order valence-electron chi connectivity index (χ4n) is 1.57. The lowest BCUT2D eigenvalue weighted by Crippen LogP contribution is -1.93. The van der Waals surface area contributed by atoms with Crippen LogP contribution in [0.4, 0.5) is 0 Å². The lowest BCUT2D eigenvalue weighted by molar-refractivity contribution is 0.371. The van der Waals surface area contributed by atoms with E-state index < -0.39 is 0 Å². The molecular weight excluding hydrogens is 202 g/mol. The van der Waals surface area contributed by atoms with Crippen molar-refractivity contribution in [1.29, 1.82) is 0 Å². The van der Waals surface area contributed by atoms with Gasteiger partial charge >= 0.3 is 0 Å². The summed E-state index contributed by atoms with van der Waals surface area (Å²) in [6.07, 6.45) is 2.34. The Bertz CT molecular complexity index is 469. The van der Waals surface area contributed by atoms with Gasteiger partial charge < -0.3 is 9.84 Å². The molecule has 0 radical (unpaired) electrons. The van der Waals surface area contributed by atoms with Crippen LogP contribution in [-0.4, -0.2) is 17.2 Å². The Balaban J connectivity index is 2.28. The Morgan fingerprint density at radius 3 is 2.75 bits per heavy atom. The standard InChI is InChI=1S/C13H13NO2/c1-16-12-7-4-5-10(13(12)15)9-11-6-2-3-8-14-11/h2-8,15H,9H2,1H3. The van der Waals surface area contributed by atoms with Gasteiger partial charge in [0.1, 0.15) is 0 Å². The van der Waals surface area contributed by atoms with Crippen LogP contribution in [0, 0.1) is 0 Å². The number of hydrogen-bond acceptors (Lipinski definition) is 3. The van der Waals surface area contributed by atoms with Gasteiger partial charge in [-0.05, 0) is 18.2 Å². The van der Waals surface area contributed by atoms with E-state index in [0.29, 0.717) is 12.2 Å². The Labute approximate surface area is 94.3 Å². The lowest BCUT2D eigenvalue weighted by atomic mass is 10.1. The van der Waals surface area contributed by atoms with E-state index in [-0.39, 0.29) is 5.75 Å². The SMILES string of the molecule is COc1cccc(Cc2ccccn2)c1O. The van der Waals surface area contributed by atoms with Crippen molar-refractivity contribution in [2.24, 2.45) is 0 Å². The molecule has 3 nitrogen and oxygen atoms in total. The summed E-state index contributed by atoms with van der Waals surface area (Å²) in [7, 11) is 1.54. The largest absolute Gasteiger partial charge is 0.504 e. The van der Waals surface area contributed by atoms with Gasteiger partial charge in [-0.2, -0.15) is 0 Å². The summed E-state index contributed by atoms with van der Waals surface area (Å²) in [5.41, 5.74) is 1.74. The molecule has 1 heterocycles. The number of ether oxygens (including phenoxy) is 1. The minimum absolute atomic E-state index is 0.190. The predicted molar refractivity (Wildman–Crippen MR) is 61.7 cm³/mol. The summed E-state index contributed by atoms with van der Waals surface area (Å²) in [5.74, 6) is 0.684. The molecule has 1 N–H and O–H groups in total. The molecule has 0 unspecified atom stereocenters. The Morgan fingerprint density at radius 2 is 2.06 bits per heavy atom. The molecule has 1 aromatic carbocycles. The maximum absolute atomic E-state index is 9.90. The summed E-state index contributed by atoms with van der Waals surface area (Å²) in [5, 5.41) is 9.90. The number of aromatic nitrogens is 1. The molecule has 1 aromatic heterocycles. The number of benzene rings is 1. The number of phenols is 1. The maximum atomic E-state index is 9.90. The molecule has 0 aliphatic heterocycles. The first-order valence-corrected chi connectivity index (χ1v) is 5.06. The molecule has 3 heteroatoms. The van der Waals surface area contributed by atoms with Crippen LogP contribution in [0.1, 0.15) is 11.3 Å². The average molecular weight is 215 g/mol. The summed E-state index contributed by atoms with van der Waals surface area (Å²) in [6.45, 7) is 0. The van der Waals surface area contributed by atoms with Crippen LogP contribution in [0.2, 0.25) is 0 Å². The van der Waals surface area contributed by atoms with Crippen molar-refractivity contribution in [1.82, 2.24) is 4.98 Å². The van der Waals surface area contributed by atoms with Crippen LogP contribution < -0.4 is 4.74 Å². The van der Waals surface area contributed by atoms with Crippen LogP contribution in [0.15, 0.2) is 42.6 Å². The van der Waals surface area contributed by atoms with E-state index in [0.717, 1.165) is 11.3 Å². The highest BCUT2D eigenvalue weighted by molar-refractivity contribution is 5.46. The van der Waals surface area contributed by atoms with Gasteiger partial charge in [0.2, 0.25) is 0 Å². The second kappa shape index (κ2) is 4.66. The molecule has 0 atom stereocenters. The minimum Gasteiger partial charge on any atom is -0.504 e. The van der Waals surface area contributed by atoms with E-state index in [2.05, 4.69) is 4.98 Å². The van der Waals surface area contributed by atoms with Crippen molar-refractivity contribution in [3.63, 3.8) is 0 Å². The van der Waals surface area contributed by atoms with Crippen molar-refractivity contribution in [2.75, 3.05) is 7.11 Å². The van der Waals surface area contributed by atoms with Gasteiger partial charge in [0, 0.05) is 23.9 Å². The topological polar surface area (TPSA) is 42.4 Å². The molecule has 0 spiro atoms. The first kappa shape index (κ1) is 10.5. The van der Waals surface area contributed by atoms with E-state index in [4.69, 9.17) is 4.74 Å². The molecule has 2 rings (SSSR count).